The number of methoxy groups -OCH3 is 1. The van der Waals surface area contributed by atoms with Crippen LogP contribution in [0.3, 0.4) is 0 Å². The van der Waals surface area contributed by atoms with E-state index < -0.39 is 12.1 Å². The molecule has 1 aromatic heterocycles. The molecule has 2 unspecified atom stereocenters. The van der Waals surface area contributed by atoms with Gasteiger partial charge in [-0.15, -0.1) is 0 Å². The van der Waals surface area contributed by atoms with Gasteiger partial charge in [-0.2, -0.15) is 0 Å². The highest BCUT2D eigenvalue weighted by Crippen LogP contribution is 2.34. The molecule has 0 spiro atoms. The SMILES string of the molecule is COC(=O)Nc1c(C)noc1-c1ccc(-c2ccc(C3CCCCCCC(C(=O)O)CCCC3)cc2)cc1. The van der Waals surface area contributed by atoms with Crippen LogP contribution in [0.2, 0.25) is 0 Å². The Morgan fingerprint density at radius 1 is 0.842 bits per heavy atom. The van der Waals surface area contributed by atoms with Crippen LogP contribution in [0.25, 0.3) is 22.5 Å². The molecule has 3 aromatic rings. The lowest BCUT2D eigenvalue weighted by Gasteiger charge is -2.20. The van der Waals surface area contributed by atoms with Gasteiger partial charge in [0, 0.05) is 5.56 Å². The third-order valence-corrected chi connectivity index (χ3v) is 7.70. The second-order valence-electron chi connectivity index (χ2n) is 10.3. The van der Waals surface area contributed by atoms with Gasteiger partial charge >= 0.3 is 12.1 Å². The zero-order chi connectivity index (χ0) is 26.9. The Kier molecular flexibility index (Phi) is 9.57. The summed E-state index contributed by atoms with van der Waals surface area (Å²) >= 11 is 0. The van der Waals surface area contributed by atoms with E-state index in [0.29, 0.717) is 23.1 Å². The van der Waals surface area contributed by atoms with E-state index in [-0.39, 0.29) is 5.92 Å². The van der Waals surface area contributed by atoms with Crippen LogP contribution in [0.1, 0.15) is 81.4 Å². The van der Waals surface area contributed by atoms with Gasteiger partial charge in [-0.1, -0.05) is 92.2 Å². The molecule has 7 nitrogen and oxygen atoms in total. The largest absolute Gasteiger partial charge is 0.481 e. The van der Waals surface area contributed by atoms with Crippen molar-refractivity contribution in [2.45, 2.75) is 77.0 Å². The van der Waals surface area contributed by atoms with Crippen molar-refractivity contribution < 1.29 is 24.0 Å². The summed E-state index contributed by atoms with van der Waals surface area (Å²) in [6, 6.07) is 16.9. The van der Waals surface area contributed by atoms with Crippen molar-refractivity contribution in [2.24, 2.45) is 5.92 Å². The Morgan fingerprint density at radius 3 is 1.97 bits per heavy atom. The molecule has 1 saturated carbocycles. The van der Waals surface area contributed by atoms with E-state index in [1.165, 1.54) is 31.9 Å². The van der Waals surface area contributed by atoms with Crippen molar-refractivity contribution >= 4 is 17.7 Å². The van der Waals surface area contributed by atoms with Crippen LogP contribution < -0.4 is 5.32 Å². The molecule has 1 amide bonds. The number of hydrogen-bond donors (Lipinski definition) is 2. The average Bonchev–Trinajstić information content (AvgIpc) is 3.28. The number of aryl methyl sites for hydroxylation is 1. The van der Waals surface area contributed by atoms with Crippen molar-refractivity contribution in [1.29, 1.82) is 0 Å². The maximum atomic E-state index is 11.7. The van der Waals surface area contributed by atoms with Crippen LogP contribution >= 0.6 is 0 Å². The molecule has 0 radical (unpaired) electrons. The minimum absolute atomic E-state index is 0.178. The van der Waals surface area contributed by atoms with Gasteiger partial charge in [-0.25, -0.2) is 4.79 Å². The number of carbonyl (C=O) groups is 2. The number of carboxylic acids is 1. The summed E-state index contributed by atoms with van der Waals surface area (Å²) in [4.78, 5) is 23.2. The number of amides is 1. The maximum absolute atomic E-state index is 11.7. The van der Waals surface area contributed by atoms with Crippen molar-refractivity contribution in [3.05, 3.63) is 59.8 Å². The minimum Gasteiger partial charge on any atom is -0.481 e. The first-order chi connectivity index (χ1) is 18.5. The summed E-state index contributed by atoms with van der Waals surface area (Å²) in [5.41, 5.74) is 5.50. The van der Waals surface area contributed by atoms with Gasteiger partial charge in [0.2, 0.25) is 0 Å². The average molecular weight is 519 g/mol. The number of anilines is 1. The van der Waals surface area contributed by atoms with Crippen LogP contribution in [-0.4, -0.2) is 29.4 Å². The van der Waals surface area contributed by atoms with E-state index in [1.54, 1.807) is 6.92 Å². The molecule has 1 aliphatic carbocycles. The third kappa shape index (κ3) is 7.03. The smallest absolute Gasteiger partial charge is 0.411 e. The number of aliphatic carboxylic acids is 1. The van der Waals surface area contributed by atoms with Crippen molar-refractivity contribution in [3.8, 4) is 22.5 Å². The fourth-order valence-electron chi connectivity index (χ4n) is 5.41. The fourth-order valence-corrected chi connectivity index (χ4v) is 5.41. The number of nitrogens with zero attached hydrogens (tertiary/aromatic N) is 1. The number of rotatable bonds is 5. The second-order valence-corrected chi connectivity index (χ2v) is 10.3. The molecule has 1 aliphatic rings. The molecule has 38 heavy (non-hydrogen) atoms. The van der Waals surface area contributed by atoms with E-state index in [2.05, 4.69) is 34.7 Å². The Labute approximate surface area is 224 Å². The molecule has 4 rings (SSSR count). The van der Waals surface area contributed by atoms with Crippen LogP contribution in [0, 0.1) is 12.8 Å². The van der Waals surface area contributed by atoms with Crippen molar-refractivity contribution in [1.82, 2.24) is 5.16 Å². The Balaban J connectivity index is 1.43. The molecule has 1 heterocycles. The molecule has 202 valence electrons. The van der Waals surface area contributed by atoms with Crippen molar-refractivity contribution in [3.63, 3.8) is 0 Å². The van der Waals surface area contributed by atoms with Gasteiger partial charge in [0.25, 0.3) is 0 Å². The van der Waals surface area contributed by atoms with Gasteiger partial charge in [0.05, 0.1) is 13.0 Å². The van der Waals surface area contributed by atoms with Gasteiger partial charge < -0.3 is 14.4 Å². The maximum Gasteiger partial charge on any atom is 0.411 e. The van der Waals surface area contributed by atoms with Crippen LogP contribution in [0.15, 0.2) is 53.1 Å². The first kappa shape index (κ1) is 27.4. The molecule has 0 aliphatic heterocycles. The molecule has 7 heteroatoms. The van der Waals surface area contributed by atoms with Gasteiger partial charge in [0.15, 0.2) is 5.76 Å². The highest BCUT2D eigenvalue weighted by molar-refractivity contribution is 5.90. The van der Waals surface area contributed by atoms with Gasteiger partial charge in [-0.3, -0.25) is 10.1 Å². The first-order valence-electron chi connectivity index (χ1n) is 13.7. The lowest BCUT2D eigenvalue weighted by Crippen LogP contribution is -2.14. The molecule has 1 fully saturated rings. The molecule has 2 atom stereocenters. The molecular formula is C31H38N2O5. The first-order valence-corrected chi connectivity index (χ1v) is 13.7. The predicted octanol–water partition coefficient (Wildman–Crippen LogP) is 8.19. The number of benzene rings is 2. The van der Waals surface area contributed by atoms with E-state index in [9.17, 15) is 14.7 Å². The van der Waals surface area contributed by atoms with E-state index in [1.807, 2.05) is 24.3 Å². The highest BCUT2D eigenvalue weighted by Gasteiger charge is 2.20. The van der Waals surface area contributed by atoms with E-state index >= 15 is 0 Å². The third-order valence-electron chi connectivity index (χ3n) is 7.70. The normalized spacial score (nSPS) is 19.1. The molecule has 0 saturated heterocycles. The van der Waals surface area contributed by atoms with Crippen LogP contribution in [-0.2, 0) is 9.53 Å². The molecule has 2 aromatic carbocycles. The molecule has 2 N–H and O–H groups in total. The number of carbonyl (C=O) groups excluding carboxylic acids is 1. The number of aromatic nitrogens is 1. The summed E-state index contributed by atoms with van der Waals surface area (Å²) in [6.07, 6.45) is 9.93. The monoisotopic (exact) mass is 518 g/mol. The summed E-state index contributed by atoms with van der Waals surface area (Å²) < 4.78 is 10.2. The predicted molar refractivity (Wildman–Crippen MR) is 148 cm³/mol. The number of ether oxygens (including phenoxy) is 1. The van der Waals surface area contributed by atoms with Gasteiger partial charge in [-0.05, 0) is 55.2 Å². The Bertz CT molecular complexity index is 1200. The van der Waals surface area contributed by atoms with E-state index in [0.717, 1.165) is 61.6 Å². The Hall–Kier alpha value is -3.61. The minimum atomic E-state index is -0.628. The number of hydrogen-bond acceptors (Lipinski definition) is 5. The second kappa shape index (κ2) is 13.3. The highest BCUT2D eigenvalue weighted by atomic mass is 16.5. The fraction of sp³-hybridized carbons (Fsp3) is 0.452. The molecule has 0 bridgehead atoms. The van der Waals surface area contributed by atoms with Gasteiger partial charge in [0.1, 0.15) is 11.4 Å². The Morgan fingerprint density at radius 2 is 1.37 bits per heavy atom. The van der Waals surface area contributed by atoms with Crippen LogP contribution in [0.5, 0.6) is 0 Å². The van der Waals surface area contributed by atoms with Crippen molar-refractivity contribution in [2.75, 3.05) is 12.4 Å². The summed E-state index contributed by atoms with van der Waals surface area (Å²) in [7, 11) is 1.32. The zero-order valence-electron chi connectivity index (χ0n) is 22.4. The number of carboxylic acid groups (broad SMARTS) is 1. The quantitative estimate of drug-likeness (QED) is 0.353. The number of nitrogens with one attached hydrogen (secondary N) is 1. The van der Waals surface area contributed by atoms with Crippen LogP contribution in [0.4, 0.5) is 10.5 Å². The topological polar surface area (TPSA) is 102 Å². The summed E-state index contributed by atoms with van der Waals surface area (Å²) in [5, 5.41) is 16.2. The van der Waals surface area contributed by atoms with E-state index in [4.69, 9.17) is 9.26 Å². The summed E-state index contributed by atoms with van der Waals surface area (Å²) in [5.74, 6) is 0.204. The summed E-state index contributed by atoms with van der Waals surface area (Å²) in [6.45, 7) is 1.77. The molecular weight excluding hydrogens is 480 g/mol. The standard InChI is InChI=1S/C31H38N2O5/c1-21-28(32-31(36)37-2)29(38-33-21)26-19-17-25(18-20-26)24-15-13-23(14-16-24)22-9-5-3-4-6-11-27(30(34)35)12-8-7-10-22/h13-20,22,27H,3-12H2,1-2H3,(H,32,36)(H,34,35). The lowest BCUT2D eigenvalue weighted by molar-refractivity contribution is -0.142. The zero-order valence-corrected chi connectivity index (χ0v) is 22.4. The lowest BCUT2D eigenvalue weighted by atomic mass is 9.85.